The maximum absolute atomic E-state index is 12.0. The second-order valence-corrected chi connectivity index (χ2v) is 5.89. The molecule has 110 valence electrons. The molecule has 1 fully saturated rings. The minimum absolute atomic E-state index is 0.0849. The first-order valence-corrected chi connectivity index (χ1v) is 7.74. The van der Waals surface area contributed by atoms with E-state index < -0.39 is 0 Å². The van der Waals surface area contributed by atoms with Crippen LogP contribution in [0, 0.1) is 6.92 Å². The van der Waals surface area contributed by atoms with Crippen molar-refractivity contribution in [1.29, 1.82) is 0 Å². The molecule has 2 atom stereocenters. The zero-order chi connectivity index (χ0) is 14.4. The summed E-state index contributed by atoms with van der Waals surface area (Å²) in [4.78, 5) is 12.0. The highest BCUT2D eigenvalue weighted by atomic mass is 16.1. The molecule has 0 radical (unpaired) electrons. The zero-order valence-electron chi connectivity index (χ0n) is 12.6. The van der Waals surface area contributed by atoms with Crippen LogP contribution in [0.15, 0.2) is 24.3 Å². The van der Waals surface area contributed by atoms with Gasteiger partial charge in [0, 0.05) is 12.5 Å². The fourth-order valence-electron chi connectivity index (χ4n) is 2.81. The third-order valence-electron chi connectivity index (χ3n) is 4.05. The predicted molar refractivity (Wildman–Crippen MR) is 82.6 cm³/mol. The molecular weight excluding hydrogens is 248 g/mol. The summed E-state index contributed by atoms with van der Waals surface area (Å²) in [6.07, 6.45) is 5.34. The lowest BCUT2D eigenvalue weighted by molar-refractivity contribution is -0.122. The van der Waals surface area contributed by atoms with E-state index in [1.165, 1.54) is 30.4 Å². The Morgan fingerprint density at radius 2 is 2.30 bits per heavy atom. The van der Waals surface area contributed by atoms with Gasteiger partial charge in [-0.15, -0.1) is 0 Å². The Kier molecular flexibility index (Phi) is 5.60. The van der Waals surface area contributed by atoms with Gasteiger partial charge in [-0.1, -0.05) is 36.2 Å². The first-order valence-electron chi connectivity index (χ1n) is 7.74. The third kappa shape index (κ3) is 4.64. The van der Waals surface area contributed by atoms with E-state index >= 15 is 0 Å². The van der Waals surface area contributed by atoms with Crippen molar-refractivity contribution in [2.45, 2.75) is 58.0 Å². The van der Waals surface area contributed by atoms with Crippen LogP contribution in [0.1, 0.15) is 56.2 Å². The van der Waals surface area contributed by atoms with Crippen molar-refractivity contribution in [3.63, 3.8) is 0 Å². The molecule has 0 aromatic heterocycles. The molecule has 2 rings (SSSR count). The molecule has 0 aliphatic carbocycles. The minimum Gasteiger partial charge on any atom is -0.350 e. The van der Waals surface area contributed by atoms with Crippen LogP contribution >= 0.6 is 0 Å². The Bertz CT molecular complexity index is 438. The Hall–Kier alpha value is -1.35. The molecule has 1 aromatic carbocycles. The number of piperidine rings is 1. The van der Waals surface area contributed by atoms with Crippen LogP contribution in [0.5, 0.6) is 0 Å². The number of hydrogen-bond donors (Lipinski definition) is 2. The molecule has 3 heteroatoms. The van der Waals surface area contributed by atoms with Gasteiger partial charge >= 0.3 is 0 Å². The molecule has 3 nitrogen and oxygen atoms in total. The van der Waals surface area contributed by atoms with Crippen LogP contribution in [-0.2, 0) is 4.79 Å². The van der Waals surface area contributed by atoms with Crippen molar-refractivity contribution in [3.05, 3.63) is 35.4 Å². The quantitative estimate of drug-likeness (QED) is 0.866. The van der Waals surface area contributed by atoms with Gasteiger partial charge in [0.05, 0.1) is 6.04 Å². The summed E-state index contributed by atoms with van der Waals surface area (Å²) in [5.41, 5.74) is 2.41. The van der Waals surface area contributed by atoms with Crippen LogP contribution in [0.4, 0.5) is 0 Å². The van der Waals surface area contributed by atoms with Crippen LogP contribution in [-0.4, -0.2) is 18.5 Å². The van der Waals surface area contributed by atoms with E-state index in [0.29, 0.717) is 12.5 Å². The molecule has 1 aliphatic rings. The lowest BCUT2D eigenvalue weighted by Gasteiger charge is -2.23. The van der Waals surface area contributed by atoms with Gasteiger partial charge < -0.3 is 10.6 Å². The molecule has 1 heterocycles. The topological polar surface area (TPSA) is 41.1 Å². The van der Waals surface area contributed by atoms with Gasteiger partial charge in [0.25, 0.3) is 0 Å². The van der Waals surface area contributed by atoms with Crippen molar-refractivity contribution >= 4 is 5.91 Å². The average molecular weight is 274 g/mol. The van der Waals surface area contributed by atoms with Gasteiger partial charge in [-0.25, -0.2) is 0 Å². The van der Waals surface area contributed by atoms with Crippen LogP contribution in [0.25, 0.3) is 0 Å². The fourth-order valence-corrected chi connectivity index (χ4v) is 2.81. The number of carbonyl (C=O) groups is 1. The van der Waals surface area contributed by atoms with Crippen LogP contribution in [0.2, 0.25) is 0 Å². The van der Waals surface area contributed by atoms with Gasteiger partial charge in [-0.3, -0.25) is 4.79 Å². The van der Waals surface area contributed by atoms with Gasteiger partial charge in [-0.05, 0) is 45.2 Å². The third-order valence-corrected chi connectivity index (χ3v) is 4.05. The summed E-state index contributed by atoms with van der Waals surface area (Å²) in [5.74, 6) is 0.159. The highest BCUT2D eigenvalue weighted by Gasteiger charge is 2.15. The highest BCUT2D eigenvalue weighted by Crippen LogP contribution is 2.15. The monoisotopic (exact) mass is 274 g/mol. The summed E-state index contributed by atoms with van der Waals surface area (Å²) in [5, 5.41) is 6.58. The van der Waals surface area contributed by atoms with Crippen molar-refractivity contribution < 1.29 is 4.79 Å². The number of carbonyl (C=O) groups excluding carboxylic acids is 1. The largest absolute Gasteiger partial charge is 0.350 e. The van der Waals surface area contributed by atoms with Crippen LogP contribution < -0.4 is 10.6 Å². The number of amides is 1. The van der Waals surface area contributed by atoms with Crippen molar-refractivity contribution in [2.24, 2.45) is 0 Å². The lowest BCUT2D eigenvalue weighted by Crippen LogP contribution is -2.35. The maximum atomic E-state index is 12.0. The first-order chi connectivity index (χ1) is 9.65. The number of benzene rings is 1. The first kappa shape index (κ1) is 15.0. The fraction of sp³-hybridized carbons (Fsp3) is 0.588. The minimum atomic E-state index is 0.0849. The molecule has 1 saturated heterocycles. The van der Waals surface area contributed by atoms with Gasteiger partial charge in [0.15, 0.2) is 0 Å². The number of rotatable bonds is 5. The van der Waals surface area contributed by atoms with Gasteiger partial charge in [-0.2, -0.15) is 0 Å². The van der Waals surface area contributed by atoms with Crippen molar-refractivity contribution in [3.8, 4) is 0 Å². The summed E-state index contributed by atoms with van der Waals surface area (Å²) in [6, 6.07) is 8.94. The van der Waals surface area contributed by atoms with Crippen LogP contribution in [0.3, 0.4) is 0 Å². The summed E-state index contributed by atoms with van der Waals surface area (Å²) < 4.78 is 0. The van der Waals surface area contributed by atoms with E-state index in [4.69, 9.17) is 0 Å². The summed E-state index contributed by atoms with van der Waals surface area (Å²) in [7, 11) is 0. The molecule has 1 aliphatic heterocycles. The predicted octanol–water partition coefficient (Wildman–Crippen LogP) is 3.09. The number of nitrogens with one attached hydrogen (secondary N) is 2. The molecule has 20 heavy (non-hydrogen) atoms. The molecule has 0 saturated carbocycles. The molecule has 0 bridgehead atoms. The molecule has 1 aromatic rings. The average Bonchev–Trinajstić information content (AvgIpc) is 2.46. The van der Waals surface area contributed by atoms with E-state index in [2.05, 4.69) is 35.8 Å². The Morgan fingerprint density at radius 1 is 1.45 bits per heavy atom. The SMILES string of the molecule is Cc1cccc([C@@H](C)NC(=O)CCC2CCCCN2)c1. The molecule has 1 unspecified atom stereocenters. The molecule has 1 amide bonds. The second kappa shape index (κ2) is 7.44. The van der Waals surface area contributed by atoms with Crippen molar-refractivity contribution in [2.75, 3.05) is 6.54 Å². The Labute approximate surface area is 122 Å². The molecule has 0 spiro atoms. The Morgan fingerprint density at radius 3 is 3.00 bits per heavy atom. The summed E-state index contributed by atoms with van der Waals surface area (Å²) in [6.45, 7) is 5.23. The van der Waals surface area contributed by atoms with E-state index in [-0.39, 0.29) is 11.9 Å². The highest BCUT2D eigenvalue weighted by molar-refractivity contribution is 5.76. The van der Waals surface area contributed by atoms with Crippen molar-refractivity contribution in [1.82, 2.24) is 10.6 Å². The zero-order valence-corrected chi connectivity index (χ0v) is 12.6. The van der Waals surface area contributed by atoms with Gasteiger partial charge in [0.2, 0.25) is 5.91 Å². The molecule has 2 N–H and O–H groups in total. The van der Waals surface area contributed by atoms with E-state index in [1.54, 1.807) is 0 Å². The van der Waals surface area contributed by atoms with Gasteiger partial charge in [0.1, 0.15) is 0 Å². The standard InChI is InChI=1S/C17H26N2O/c1-13-6-5-7-15(12-13)14(2)19-17(20)10-9-16-8-3-4-11-18-16/h5-7,12,14,16,18H,3-4,8-11H2,1-2H3,(H,19,20)/t14-,16?/m1/s1. The molecular formula is C17H26N2O. The number of aryl methyl sites for hydroxylation is 1. The smallest absolute Gasteiger partial charge is 0.220 e. The Balaban J connectivity index is 1.76. The summed E-state index contributed by atoms with van der Waals surface area (Å²) >= 11 is 0. The van der Waals surface area contributed by atoms with E-state index in [1.807, 2.05) is 13.0 Å². The second-order valence-electron chi connectivity index (χ2n) is 5.89. The maximum Gasteiger partial charge on any atom is 0.220 e. The van der Waals surface area contributed by atoms with E-state index in [9.17, 15) is 4.79 Å². The lowest BCUT2D eigenvalue weighted by atomic mass is 10.00. The van der Waals surface area contributed by atoms with E-state index in [0.717, 1.165) is 13.0 Å². The normalized spacial score (nSPS) is 20.4. The number of hydrogen-bond acceptors (Lipinski definition) is 2.